The van der Waals surface area contributed by atoms with Gasteiger partial charge in [0.2, 0.25) is 5.91 Å². The average Bonchev–Trinajstić information content (AvgIpc) is 2.26. The number of amides is 2. The van der Waals surface area contributed by atoms with Gasteiger partial charge in [-0.3, -0.25) is 9.59 Å². The number of rotatable bonds is 2. The van der Waals surface area contributed by atoms with E-state index < -0.39 is 0 Å². The van der Waals surface area contributed by atoms with Gasteiger partial charge in [0.15, 0.2) is 0 Å². The fourth-order valence-electron chi connectivity index (χ4n) is 1.94. The molecule has 0 saturated carbocycles. The van der Waals surface area contributed by atoms with Crippen LogP contribution in [0, 0.1) is 5.41 Å². The second-order valence-electron chi connectivity index (χ2n) is 5.14. The lowest BCUT2D eigenvalue weighted by Gasteiger charge is -2.45. The van der Waals surface area contributed by atoms with Crippen molar-refractivity contribution in [3.8, 4) is 0 Å². The number of halogens is 1. The molecule has 0 bridgehead atoms. The lowest BCUT2D eigenvalue weighted by Crippen LogP contribution is -2.58. The molecule has 16 heavy (non-hydrogen) atoms. The Kier molecular flexibility index (Phi) is 4.19. The summed E-state index contributed by atoms with van der Waals surface area (Å²) in [5.41, 5.74) is -0.0668. The summed E-state index contributed by atoms with van der Waals surface area (Å²) in [4.78, 5) is 25.7. The van der Waals surface area contributed by atoms with Gasteiger partial charge in [-0.1, -0.05) is 20.8 Å². The third-order valence-electron chi connectivity index (χ3n) is 2.96. The minimum atomic E-state index is -0.0681. The van der Waals surface area contributed by atoms with Crippen molar-refractivity contribution < 1.29 is 9.59 Å². The number of piperazine rings is 1. The lowest BCUT2D eigenvalue weighted by molar-refractivity contribution is -0.131. The van der Waals surface area contributed by atoms with E-state index in [-0.39, 0.29) is 23.2 Å². The summed E-state index contributed by atoms with van der Waals surface area (Å²) in [6, 6.07) is 0.00548. The molecule has 1 atom stereocenters. The second-order valence-corrected chi connectivity index (χ2v) is 5.41. The van der Waals surface area contributed by atoms with Crippen LogP contribution in [-0.4, -0.2) is 53.7 Å². The normalized spacial score (nSPS) is 22.1. The summed E-state index contributed by atoms with van der Waals surface area (Å²) in [6.07, 6.45) is 1.95. The van der Waals surface area contributed by atoms with Crippen molar-refractivity contribution in [2.75, 3.05) is 25.5 Å². The number of hydrogen-bond donors (Lipinski definition) is 0. The molecule has 91 valence electrons. The highest BCUT2D eigenvalue weighted by atomic mass is 35.5. The fraction of sp³-hybridized carbons (Fsp3) is 0.818. The molecule has 4 nitrogen and oxygen atoms in total. The van der Waals surface area contributed by atoms with E-state index in [1.807, 2.05) is 6.41 Å². The quantitative estimate of drug-likeness (QED) is 0.677. The molecule has 1 rings (SSSR count). The van der Waals surface area contributed by atoms with Crippen molar-refractivity contribution in [2.24, 2.45) is 5.41 Å². The zero-order chi connectivity index (χ0) is 12.3. The summed E-state index contributed by atoms with van der Waals surface area (Å²) in [6.45, 7) is 7.79. The van der Waals surface area contributed by atoms with Crippen LogP contribution in [0.5, 0.6) is 0 Å². The van der Waals surface area contributed by atoms with E-state index >= 15 is 0 Å². The molecule has 1 aliphatic rings. The second kappa shape index (κ2) is 5.04. The van der Waals surface area contributed by atoms with Gasteiger partial charge in [0.05, 0.1) is 6.04 Å². The van der Waals surface area contributed by atoms with E-state index in [0.717, 1.165) is 0 Å². The Bertz CT molecular complexity index is 276. The molecule has 1 fully saturated rings. The Morgan fingerprint density at radius 3 is 2.50 bits per heavy atom. The van der Waals surface area contributed by atoms with Crippen LogP contribution in [-0.2, 0) is 9.59 Å². The van der Waals surface area contributed by atoms with Crippen LogP contribution < -0.4 is 0 Å². The SMILES string of the molecule is CC(C)(C)C1CN(C(=O)CCl)CCN1[C]=O. The number of carbonyl (C=O) groups excluding carboxylic acids is 2. The first kappa shape index (κ1) is 13.3. The largest absolute Gasteiger partial charge is 0.338 e. The van der Waals surface area contributed by atoms with Gasteiger partial charge < -0.3 is 9.80 Å². The molecular weight excluding hydrogens is 228 g/mol. The van der Waals surface area contributed by atoms with Crippen molar-refractivity contribution in [2.45, 2.75) is 26.8 Å². The standard InChI is InChI=1S/C11H18ClN2O2/c1-11(2,3)9-7-13(10(16)6-12)4-5-14(9)8-15/h9H,4-7H2,1-3H3. The number of alkyl halides is 1. The molecular formula is C11H18ClN2O2. The summed E-state index contributed by atoms with van der Waals surface area (Å²) in [5.74, 6) is -0.0664. The molecule has 1 heterocycles. The van der Waals surface area contributed by atoms with Crippen molar-refractivity contribution in [1.29, 1.82) is 0 Å². The number of nitrogens with zero attached hydrogens (tertiary/aromatic N) is 2. The highest BCUT2D eigenvalue weighted by molar-refractivity contribution is 6.27. The molecule has 1 radical (unpaired) electrons. The lowest BCUT2D eigenvalue weighted by atomic mass is 9.84. The van der Waals surface area contributed by atoms with Crippen LogP contribution in [0.3, 0.4) is 0 Å². The van der Waals surface area contributed by atoms with Gasteiger partial charge in [-0.15, -0.1) is 11.6 Å². The first-order valence-corrected chi connectivity index (χ1v) is 5.91. The van der Waals surface area contributed by atoms with Gasteiger partial charge in [-0.25, -0.2) is 0 Å². The highest BCUT2D eigenvalue weighted by Crippen LogP contribution is 2.26. The maximum Gasteiger partial charge on any atom is 0.312 e. The van der Waals surface area contributed by atoms with Crippen molar-refractivity contribution in [3.05, 3.63) is 0 Å². The van der Waals surface area contributed by atoms with E-state index in [1.165, 1.54) is 0 Å². The Morgan fingerprint density at radius 2 is 2.06 bits per heavy atom. The monoisotopic (exact) mass is 245 g/mol. The van der Waals surface area contributed by atoms with Crippen LogP contribution in [0.1, 0.15) is 20.8 Å². The molecule has 2 amide bonds. The van der Waals surface area contributed by atoms with Crippen LogP contribution >= 0.6 is 11.6 Å². The van der Waals surface area contributed by atoms with Gasteiger partial charge in [-0.2, -0.15) is 0 Å². The van der Waals surface area contributed by atoms with E-state index in [1.54, 1.807) is 9.80 Å². The predicted molar refractivity (Wildman–Crippen MR) is 62.9 cm³/mol. The zero-order valence-corrected chi connectivity index (χ0v) is 10.8. The molecule has 0 aromatic carbocycles. The fourth-order valence-corrected chi connectivity index (χ4v) is 2.11. The van der Waals surface area contributed by atoms with E-state index in [0.29, 0.717) is 19.6 Å². The third kappa shape index (κ3) is 2.88. The smallest absolute Gasteiger partial charge is 0.312 e. The van der Waals surface area contributed by atoms with E-state index in [9.17, 15) is 9.59 Å². The summed E-state index contributed by atoms with van der Waals surface area (Å²) >= 11 is 5.54. The van der Waals surface area contributed by atoms with Crippen LogP contribution in [0.4, 0.5) is 0 Å². The topological polar surface area (TPSA) is 40.6 Å². The molecule has 1 unspecified atom stereocenters. The Morgan fingerprint density at radius 1 is 1.44 bits per heavy atom. The van der Waals surface area contributed by atoms with Gasteiger partial charge in [-0.05, 0) is 5.41 Å². The van der Waals surface area contributed by atoms with Gasteiger partial charge in [0.25, 0.3) is 0 Å². The van der Waals surface area contributed by atoms with Crippen molar-refractivity contribution in [3.63, 3.8) is 0 Å². The molecule has 0 aliphatic carbocycles. The van der Waals surface area contributed by atoms with E-state index in [2.05, 4.69) is 20.8 Å². The Balaban J connectivity index is 2.77. The predicted octanol–water partition coefficient (Wildman–Crippen LogP) is 0.851. The van der Waals surface area contributed by atoms with Crippen LogP contribution in [0.2, 0.25) is 0 Å². The molecule has 5 heteroatoms. The zero-order valence-electron chi connectivity index (χ0n) is 9.99. The molecule has 1 saturated heterocycles. The van der Waals surface area contributed by atoms with Gasteiger partial charge >= 0.3 is 6.41 Å². The summed E-state index contributed by atoms with van der Waals surface area (Å²) < 4.78 is 0. The maximum absolute atomic E-state index is 11.5. The Labute approximate surface area is 102 Å². The minimum absolute atomic E-state index is 0.00165. The average molecular weight is 246 g/mol. The summed E-state index contributed by atoms with van der Waals surface area (Å²) in [5, 5.41) is 0. The molecule has 0 N–H and O–H groups in total. The van der Waals surface area contributed by atoms with Crippen LogP contribution in [0.15, 0.2) is 0 Å². The van der Waals surface area contributed by atoms with Gasteiger partial charge in [0, 0.05) is 19.6 Å². The minimum Gasteiger partial charge on any atom is -0.338 e. The molecule has 0 aromatic heterocycles. The number of carbonyl (C=O) groups is 1. The highest BCUT2D eigenvalue weighted by Gasteiger charge is 2.36. The van der Waals surface area contributed by atoms with Crippen molar-refractivity contribution >= 4 is 23.9 Å². The maximum atomic E-state index is 11.5. The van der Waals surface area contributed by atoms with E-state index in [4.69, 9.17) is 11.6 Å². The first-order valence-electron chi connectivity index (χ1n) is 5.38. The molecule has 0 spiro atoms. The molecule has 0 aromatic rings. The Hall–Kier alpha value is -0.770. The third-order valence-corrected chi connectivity index (χ3v) is 3.19. The number of hydrogen-bond acceptors (Lipinski definition) is 2. The molecule has 1 aliphatic heterocycles. The summed E-state index contributed by atoms with van der Waals surface area (Å²) in [7, 11) is 0. The van der Waals surface area contributed by atoms with Gasteiger partial charge in [0.1, 0.15) is 5.88 Å². The van der Waals surface area contributed by atoms with Crippen molar-refractivity contribution in [1.82, 2.24) is 9.80 Å². The van der Waals surface area contributed by atoms with Crippen LogP contribution in [0.25, 0.3) is 0 Å². The first-order chi connectivity index (χ1) is 7.40.